The standard InChI is InChI=1S/C11H9/c1-2-9-6-7-10-4-3-5-11(10)8-9/h2-8H,1H2. The predicted molar refractivity (Wildman–Crippen MR) is 49.0 cm³/mol. The van der Waals surface area contributed by atoms with Crippen molar-refractivity contribution in [2.45, 2.75) is 0 Å². The maximum atomic E-state index is 3.72. The van der Waals surface area contributed by atoms with Gasteiger partial charge in [0.1, 0.15) is 0 Å². The minimum absolute atomic E-state index is 1.18. The highest BCUT2D eigenvalue weighted by Gasteiger charge is 2.03. The Balaban J connectivity index is 2.53. The fraction of sp³-hybridized carbons (Fsp3) is 0. The van der Waals surface area contributed by atoms with Crippen LogP contribution in [-0.2, 0) is 0 Å². The summed E-state index contributed by atoms with van der Waals surface area (Å²) in [5.74, 6) is 0. The Hall–Kier alpha value is -1.30. The second-order valence-corrected chi connectivity index (χ2v) is 2.62. The molecule has 1 aliphatic carbocycles. The molecule has 0 spiro atoms. The fourth-order valence-electron chi connectivity index (χ4n) is 1.27. The van der Waals surface area contributed by atoms with Crippen molar-refractivity contribution in [1.29, 1.82) is 0 Å². The molecule has 2 rings (SSSR count). The van der Waals surface area contributed by atoms with Gasteiger partial charge in [-0.25, -0.2) is 0 Å². The van der Waals surface area contributed by atoms with Gasteiger partial charge in [0.25, 0.3) is 0 Å². The summed E-state index contributed by atoms with van der Waals surface area (Å²) < 4.78 is 0. The molecular formula is C11H9. The third kappa shape index (κ3) is 1.01. The van der Waals surface area contributed by atoms with Crippen LogP contribution in [0.1, 0.15) is 16.7 Å². The molecule has 11 heavy (non-hydrogen) atoms. The summed E-state index contributed by atoms with van der Waals surface area (Å²) in [6.45, 7) is 3.72. The lowest BCUT2D eigenvalue weighted by molar-refractivity contribution is 1.52. The van der Waals surface area contributed by atoms with Crippen LogP contribution in [0.3, 0.4) is 0 Å². The van der Waals surface area contributed by atoms with E-state index < -0.39 is 0 Å². The van der Waals surface area contributed by atoms with Gasteiger partial charge in [0.2, 0.25) is 0 Å². The Kier molecular flexibility index (Phi) is 1.39. The van der Waals surface area contributed by atoms with E-state index in [1.807, 2.05) is 6.08 Å². The third-order valence-electron chi connectivity index (χ3n) is 1.90. The van der Waals surface area contributed by atoms with E-state index in [-0.39, 0.29) is 0 Å². The van der Waals surface area contributed by atoms with Crippen molar-refractivity contribution in [3.63, 3.8) is 0 Å². The van der Waals surface area contributed by atoms with Crippen molar-refractivity contribution >= 4 is 12.2 Å². The molecule has 53 valence electrons. The van der Waals surface area contributed by atoms with Gasteiger partial charge >= 0.3 is 0 Å². The molecule has 0 saturated carbocycles. The van der Waals surface area contributed by atoms with Gasteiger partial charge in [0, 0.05) is 6.42 Å². The molecule has 0 N–H and O–H groups in total. The lowest BCUT2D eigenvalue weighted by atomic mass is 10.1. The van der Waals surface area contributed by atoms with E-state index in [1.54, 1.807) is 0 Å². The maximum Gasteiger partial charge on any atom is 0.0131 e. The van der Waals surface area contributed by atoms with Gasteiger partial charge in [-0.15, -0.1) is 0 Å². The zero-order valence-corrected chi connectivity index (χ0v) is 6.25. The Labute approximate surface area is 66.9 Å². The van der Waals surface area contributed by atoms with Crippen LogP contribution in [0.5, 0.6) is 0 Å². The molecule has 0 fully saturated rings. The first kappa shape index (κ1) is 6.41. The number of rotatable bonds is 1. The molecule has 1 radical (unpaired) electrons. The van der Waals surface area contributed by atoms with E-state index in [4.69, 9.17) is 0 Å². The number of fused-ring (bicyclic) bond motifs is 1. The molecular weight excluding hydrogens is 132 g/mol. The second-order valence-electron chi connectivity index (χ2n) is 2.62. The highest BCUT2D eigenvalue weighted by Crippen LogP contribution is 2.22. The molecule has 0 nitrogen and oxygen atoms in total. The Bertz CT molecular complexity index is 319. The van der Waals surface area contributed by atoms with Crippen molar-refractivity contribution in [2.24, 2.45) is 0 Å². The van der Waals surface area contributed by atoms with Gasteiger partial charge in [0.15, 0.2) is 0 Å². The smallest absolute Gasteiger partial charge is 0.0131 e. The van der Waals surface area contributed by atoms with Crippen LogP contribution in [0.15, 0.2) is 30.9 Å². The van der Waals surface area contributed by atoms with Gasteiger partial charge in [-0.3, -0.25) is 0 Å². The summed E-state index contributed by atoms with van der Waals surface area (Å²) >= 11 is 0. The highest BCUT2D eigenvalue weighted by molar-refractivity contribution is 5.67. The van der Waals surface area contributed by atoms with E-state index in [2.05, 4.69) is 43.4 Å². The van der Waals surface area contributed by atoms with Crippen LogP contribution in [0.4, 0.5) is 0 Å². The van der Waals surface area contributed by atoms with Crippen LogP contribution >= 0.6 is 0 Å². The number of benzene rings is 1. The normalized spacial score (nSPS) is 13.1. The molecule has 0 saturated heterocycles. The van der Waals surface area contributed by atoms with Gasteiger partial charge < -0.3 is 0 Å². The van der Waals surface area contributed by atoms with Crippen molar-refractivity contribution in [2.75, 3.05) is 0 Å². The van der Waals surface area contributed by atoms with E-state index in [0.29, 0.717) is 0 Å². The summed E-state index contributed by atoms with van der Waals surface area (Å²) in [4.78, 5) is 0. The maximum absolute atomic E-state index is 3.72. The van der Waals surface area contributed by atoms with Crippen LogP contribution in [0.2, 0.25) is 0 Å². The molecule has 1 aliphatic rings. The topological polar surface area (TPSA) is 0 Å². The van der Waals surface area contributed by atoms with E-state index in [0.717, 1.165) is 0 Å². The third-order valence-corrected chi connectivity index (χ3v) is 1.90. The van der Waals surface area contributed by atoms with Crippen molar-refractivity contribution in [3.8, 4) is 0 Å². The van der Waals surface area contributed by atoms with Gasteiger partial charge in [-0.05, 0) is 16.7 Å². The highest BCUT2D eigenvalue weighted by atomic mass is 14.1. The first-order valence-corrected chi connectivity index (χ1v) is 3.68. The van der Waals surface area contributed by atoms with Gasteiger partial charge in [-0.2, -0.15) is 0 Å². The number of hydrogen-bond acceptors (Lipinski definition) is 0. The van der Waals surface area contributed by atoms with E-state index >= 15 is 0 Å². The summed E-state index contributed by atoms with van der Waals surface area (Å²) in [5, 5.41) is 0. The summed E-state index contributed by atoms with van der Waals surface area (Å²) in [6.07, 6.45) is 8.16. The van der Waals surface area contributed by atoms with Gasteiger partial charge in [-0.1, -0.05) is 43.0 Å². The molecule has 0 unspecified atom stereocenters. The molecule has 0 aliphatic heterocycles. The lowest BCUT2D eigenvalue weighted by Gasteiger charge is -1.98. The minimum atomic E-state index is 1.18. The molecule has 0 heterocycles. The van der Waals surface area contributed by atoms with Crippen molar-refractivity contribution in [1.82, 2.24) is 0 Å². The fourth-order valence-corrected chi connectivity index (χ4v) is 1.27. The van der Waals surface area contributed by atoms with Crippen molar-refractivity contribution in [3.05, 3.63) is 54.0 Å². The predicted octanol–water partition coefficient (Wildman–Crippen LogP) is 2.91. The van der Waals surface area contributed by atoms with Crippen LogP contribution in [0, 0.1) is 6.42 Å². The first-order valence-electron chi connectivity index (χ1n) is 3.68. The monoisotopic (exact) mass is 141 g/mol. The van der Waals surface area contributed by atoms with Crippen LogP contribution < -0.4 is 0 Å². The molecule has 1 aromatic carbocycles. The Morgan fingerprint density at radius 3 is 2.91 bits per heavy atom. The molecule has 0 atom stereocenters. The minimum Gasteiger partial charge on any atom is -0.0985 e. The summed E-state index contributed by atoms with van der Waals surface area (Å²) in [7, 11) is 0. The molecule has 0 heteroatoms. The van der Waals surface area contributed by atoms with Gasteiger partial charge in [0.05, 0.1) is 0 Å². The zero-order valence-electron chi connectivity index (χ0n) is 6.25. The first-order chi connectivity index (χ1) is 5.40. The largest absolute Gasteiger partial charge is 0.0985 e. The molecule has 0 amide bonds. The second kappa shape index (κ2) is 2.39. The summed E-state index contributed by atoms with van der Waals surface area (Å²) in [6, 6.07) is 6.34. The Morgan fingerprint density at radius 1 is 1.18 bits per heavy atom. The molecule has 1 aromatic rings. The molecule has 0 bridgehead atoms. The SMILES string of the molecule is C=Cc1ccc2c(c1)[CH]C=C2. The zero-order chi connectivity index (χ0) is 7.68. The average molecular weight is 141 g/mol. The summed E-state index contributed by atoms with van der Waals surface area (Å²) in [5.41, 5.74) is 3.78. The Morgan fingerprint density at radius 2 is 2.09 bits per heavy atom. The quantitative estimate of drug-likeness (QED) is 0.564. The number of allylic oxidation sites excluding steroid dienone is 1. The van der Waals surface area contributed by atoms with Crippen molar-refractivity contribution < 1.29 is 0 Å². The number of hydrogen-bond donors (Lipinski definition) is 0. The average Bonchev–Trinajstić information content (AvgIpc) is 2.50. The van der Waals surface area contributed by atoms with E-state index in [9.17, 15) is 0 Å². The lowest BCUT2D eigenvalue weighted by Crippen LogP contribution is -1.80. The van der Waals surface area contributed by atoms with Crippen LogP contribution in [0.25, 0.3) is 12.2 Å². The molecule has 0 aromatic heterocycles. The van der Waals surface area contributed by atoms with E-state index in [1.165, 1.54) is 16.7 Å². The van der Waals surface area contributed by atoms with Crippen LogP contribution in [-0.4, -0.2) is 0 Å².